The van der Waals surface area contributed by atoms with E-state index in [1.165, 1.54) is 0 Å². The first-order valence-corrected chi connectivity index (χ1v) is 4.72. The minimum atomic E-state index is -2.23. The summed E-state index contributed by atoms with van der Waals surface area (Å²) in [5, 5.41) is 48.0. The van der Waals surface area contributed by atoms with Crippen LogP contribution in [0, 0.1) is 0 Å². The van der Waals surface area contributed by atoms with Gasteiger partial charge in [-0.1, -0.05) is 0 Å². The zero-order chi connectivity index (χ0) is 13.6. The molecule has 0 aromatic carbocycles. The van der Waals surface area contributed by atoms with Crippen LogP contribution in [0.25, 0.3) is 0 Å². The summed E-state index contributed by atoms with van der Waals surface area (Å²) < 4.78 is 0. The van der Waals surface area contributed by atoms with Crippen molar-refractivity contribution in [2.75, 3.05) is 0 Å². The third kappa shape index (κ3) is 5.51. The highest BCUT2D eigenvalue weighted by atomic mass is 32.1. The molecule has 0 unspecified atom stereocenters. The average Bonchev–Trinajstić information content (AvgIpc) is 2.25. The van der Waals surface area contributed by atoms with Crippen molar-refractivity contribution in [3.63, 3.8) is 0 Å². The van der Waals surface area contributed by atoms with Gasteiger partial charge in [-0.3, -0.25) is 5.43 Å². The van der Waals surface area contributed by atoms with E-state index >= 15 is 0 Å². The number of rotatable bonds is 6. The fourth-order valence-corrected chi connectivity index (χ4v) is 0.853. The number of nitrogens with two attached hydrogens (primary N) is 1. The van der Waals surface area contributed by atoms with Crippen molar-refractivity contribution in [2.24, 2.45) is 10.8 Å². The minimum absolute atomic E-state index is 0.186. The van der Waals surface area contributed by atoms with Crippen molar-refractivity contribution in [3.05, 3.63) is 0 Å². The number of thiocarbonyl (C=S) groups is 1. The van der Waals surface area contributed by atoms with Gasteiger partial charge in [0.1, 0.15) is 18.3 Å². The van der Waals surface area contributed by atoms with Gasteiger partial charge in [0.2, 0.25) is 0 Å². The van der Waals surface area contributed by atoms with Crippen LogP contribution in [0.5, 0.6) is 0 Å². The Morgan fingerprint density at radius 3 is 2.24 bits per heavy atom. The summed E-state index contributed by atoms with van der Waals surface area (Å²) in [6, 6.07) is 0. The molecule has 0 heterocycles. The quantitative estimate of drug-likeness (QED) is 0.146. The predicted octanol–water partition coefficient (Wildman–Crippen LogP) is -3.67. The van der Waals surface area contributed by atoms with Crippen LogP contribution >= 0.6 is 12.2 Å². The summed E-state index contributed by atoms with van der Waals surface area (Å²) in [6.07, 6.45) is -7.20. The largest absolute Gasteiger partial charge is 0.479 e. The third-order valence-electron chi connectivity index (χ3n) is 1.68. The van der Waals surface area contributed by atoms with Gasteiger partial charge in [0, 0.05) is 0 Å². The highest BCUT2D eigenvalue weighted by molar-refractivity contribution is 7.80. The van der Waals surface area contributed by atoms with Crippen LogP contribution in [0.1, 0.15) is 0 Å². The molecule has 0 saturated heterocycles. The van der Waals surface area contributed by atoms with Gasteiger partial charge in [0.05, 0.1) is 6.21 Å². The fourth-order valence-electron chi connectivity index (χ4n) is 0.800. The number of aliphatic hydroxyl groups excluding tert-OH is 4. The van der Waals surface area contributed by atoms with Crippen molar-refractivity contribution in [1.82, 2.24) is 5.43 Å². The first-order chi connectivity index (χ1) is 7.77. The van der Waals surface area contributed by atoms with Gasteiger partial charge >= 0.3 is 5.97 Å². The Morgan fingerprint density at radius 2 is 1.82 bits per heavy atom. The molecule has 17 heavy (non-hydrogen) atoms. The summed E-state index contributed by atoms with van der Waals surface area (Å²) in [5.74, 6) is -1.73. The van der Waals surface area contributed by atoms with Crippen LogP contribution in [0.2, 0.25) is 0 Å². The molecule has 0 aliphatic rings. The van der Waals surface area contributed by atoms with E-state index in [2.05, 4.69) is 22.7 Å². The van der Waals surface area contributed by atoms with Crippen LogP contribution < -0.4 is 11.2 Å². The van der Waals surface area contributed by atoms with Crippen molar-refractivity contribution >= 4 is 29.5 Å². The van der Waals surface area contributed by atoms with Gasteiger partial charge in [0.25, 0.3) is 0 Å². The number of hydrogen-bond acceptors (Lipinski definition) is 7. The Kier molecular flexibility index (Phi) is 6.53. The number of aliphatic hydroxyl groups is 4. The smallest absolute Gasteiger partial charge is 0.335 e. The van der Waals surface area contributed by atoms with Crippen LogP contribution in [0.15, 0.2) is 5.10 Å². The van der Waals surface area contributed by atoms with Crippen molar-refractivity contribution in [3.8, 4) is 0 Å². The molecular formula is C7H13N3O6S. The molecular weight excluding hydrogens is 254 g/mol. The number of hydrogen-bond donors (Lipinski definition) is 7. The Bertz CT molecular complexity index is 312. The lowest BCUT2D eigenvalue weighted by molar-refractivity contribution is -0.160. The lowest BCUT2D eigenvalue weighted by Crippen LogP contribution is -2.48. The molecule has 0 aliphatic carbocycles. The predicted molar refractivity (Wildman–Crippen MR) is 60.1 cm³/mol. The second-order valence-corrected chi connectivity index (χ2v) is 3.45. The molecule has 0 aliphatic heterocycles. The summed E-state index contributed by atoms with van der Waals surface area (Å²) in [7, 11) is 0. The van der Waals surface area contributed by atoms with Gasteiger partial charge in [-0.05, 0) is 12.2 Å². The molecule has 0 spiro atoms. The number of carboxylic acid groups (broad SMARTS) is 1. The summed E-state index contributed by atoms with van der Waals surface area (Å²) in [6.45, 7) is 0. The zero-order valence-electron chi connectivity index (χ0n) is 8.46. The standard InChI is InChI=1S/C7H13N3O6S/c8-7(17)10-9-1-2(11)3(12)4(13)5(14)6(15)16/h1-5,11-14H,(H,15,16)(H3,8,10,17)/b9-1-/t2-,3-,4+,5+/m1/s1. The Balaban J connectivity index is 4.38. The average molecular weight is 267 g/mol. The SMILES string of the molecule is NC(=S)N/N=C\[C@@H](O)[C@@H](O)[C@H](O)[C@H](O)C(=O)O. The molecule has 0 aromatic rings. The van der Waals surface area contributed by atoms with Crippen LogP contribution in [-0.4, -0.2) is 67.2 Å². The van der Waals surface area contributed by atoms with Gasteiger partial charge in [-0.15, -0.1) is 0 Å². The molecule has 0 rings (SSSR count). The molecule has 10 heteroatoms. The summed E-state index contributed by atoms with van der Waals surface area (Å²) in [5.41, 5.74) is 7.07. The Hall–Kier alpha value is -1.33. The number of aliphatic carboxylic acids is 1. The molecule has 0 aromatic heterocycles. The maximum atomic E-state index is 10.3. The third-order valence-corrected chi connectivity index (χ3v) is 1.77. The monoisotopic (exact) mass is 267 g/mol. The van der Waals surface area contributed by atoms with Gasteiger partial charge < -0.3 is 31.3 Å². The number of hydrazone groups is 1. The molecule has 98 valence electrons. The van der Waals surface area contributed by atoms with Crippen molar-refractivity contribution < 1.29 is 30.3 Å². The fraction of sp³-hybridized carbons (Fsp3) is 0.571. The zero-order valence-corrected chi connectivity index (χ0v) is 9.28. The second-order valence-electron chi connectivity index (χ2n) is 3.01. The maximum absolute atomic E-state index is 10.3. The number of nitrogens with one attached hydrogen (secondary N) is 1. The lowest BCUT2D eigenvalue weighted by Gasteiger charge is -2.22. The Labute approximate surface area is 101 Å². The van der Waals surface area contributed by atoms with Crippen LogP contribution in [0.4, 0.5) is 0 Å². The van der Waals surface area contributed by atoms with E-state index < -0.39 is 30.4 Å². The number of carbonyl (C=O) groups is 1. The van der Waals surface area contributed by atoms with E-state index in [9.17, 15) is 15.0 Å². The number of nitrogens with zero attached hydrogens (tertiary/aromatic N) is 1. The van der Waals surface area contributed by atoms with Gasteiger partial charge in [-0.25, -0.2) is 4.79 Å². The molecule has 8 N–H and O–H groups in total. The van der Waals surface area contributed by atoms with Crippen molar-refractivity contribution in [2.45, 2.75) is 24.4 Å². The maximum Gasteiger partial charge on any atom is 0.335 e. The summed E-state index contributed by atoms with van der Waals surface area (Å²) in [4.78, 5) is 10.3. The topological polar surface area (TPSA) is 169 Å². The molecule has 0 radical (unpaired) electrons. The molecule has 0 saturated carbocycles. The highest BCUT2D eigenvalue weighted by Crippen LogP contribution is 2.04. The summed E-state index contributed by atoms with van der Waals surface area (Å²) >= 11 is 4.38. The van der Waals surface area contributed by atoms with E-state index in [-0.39, 0.29) is 5.11 Å². The van der Waals surface area contributed by atoms with E-state index in [4.69, 9.17) is 21.1 Å². The van der Waals surface area contributed by atoms with Crippen LogP contribution in [-0.2, 0) is 4.79 Å². The van der Waals surface area contributed by atoms with E-state index in [0.29, 0.717) is 0 Å². The molecule has 0 bridgehead atoms. The number of carboxylic acids is 1. The minimum Gasteiger partial charge on any atom is -0.479 e. The van der Waals surface area contributed by atoms with Crippen LogP contribution in [0.3, 0.4) is 0 Å². The first kappa shape index (κ1) is 15.7. The van der Waals surface area contributed by atoms with E-state index in [0.717, 1.165) is 6.21 Å². The van der Waals surface area contributed by atoms with E-state index in [1.54, 1.807) is 0 Å². The van der Waals surface area contributed by atoms with E-state index in [1.807, 2.05) is 0 Å². The molecule has 0 amide bonds. The molecule has 0 fully saturated rings. The van der Waals surface area contributed by atoms with Crippen molar-refractivity contribution in [1.29, 1.82) is 0 Å². The molecule has 9 nitrogen and oxygen atoms in total. The molecule has 4 atom stereocenters. The van der Waals surface area contributed by atoms with Gasteiger partial charge in [-0.2, -0.15) is 5.10 Å². The Morgan fingerprint density at radius 1 is 1.29 bits per heavy atom. The van der Waals surface area contributed by atoms with Gasteiger partial charge in [0.15, 0.2) is 11.2 Å². The second kappa shape index (κ2) is 7.09. The first-order valence-electron chi connectivity index (χ1n) is 4.31. The lowest BCUT2D eigenvalue weighted by atomic mass is 10.0. The highest BCUT2D eigenvalue weighted by Gasteiger charge is 2.33. The normalized spacial score (nSPS) is 18.4.